The second-order valence-electron chi connectivity index (χ2n) is 5.03. The van der Waals surface area contributed by atoms with Crippen LogP contribution < -0.4 is 5.32 Å². The molecule has 0 bridgehead atoms. The smallest absolute Gasteiger partial charge is 0.315 e. The largest absolute Gasteiger partial charge is 0.466 e. The van der Waals surface area contributed by atoms with Gasteiger partial charge in [0.15, 0.2) is 5.82 Å². The van der Waals surface area contributed by atoms with E-state index in [0.717, 1.165) is 17.1 Å². The number of ether oxygens (including phenoxy) is 1. The maximum atomic E-state index is 11.7. The molecule has 8 nitrogen and oxygen atoms in total. The third kappa shape index (κ3) is 4.12. The van der Waals surface area contributed by atoms with Gasteiger partial charge in [-0.15, -0.1) is 0 Å². The SMILES string of the molecule is CCOC(=O)CC(=O)Nc1cc(-c2nc(C)c(C)nc2C)[nH]n1. The van der Waals surface area contributed by atoms with Gasteiger partial charge in [-0.1, -0.05) is 0 Å². The number of aromatic nitrogens is 4. The molecule has 0 saturated heterocycles. The van der Waals surface area contributed by atoms with Crippen molar-refractivity contribution in [3.63, 3.8) is 0 Å². The van der Waals surface area contributed by atoms with Crippen molar-refractivity contribution < 1.29 is 14.3 Å². The van der Waals surface area contributed by atoms with Crippen LogP contribution in [0.4, 0.5) is 5.82 Å². The summed E-state index contributed by atoms with van der Waals surface area (Å²) in [5.74, 6) is -0.741. The number of hydrogen-bond donors (Lipinski definition) is 2. The molecule has 2 aromatic heterocycles. The highest BCUT2D eigenvalue weighted by Gasteiger charge is 2.14. The molecule has 0 aliphatic carbocycles. The molecule has 0 spiro atoms. The Bertz CT molecular complexity index is 739. The van der Waals surface area contributed by atoms with E-state index in [-0.39, 0.29) is 13.0 Å². The molecular weight excluding hydrogens is 298 g/mol. The third-order valence-corrected chi connectivity index (χ3v) is 3.19. The van der Waals surface area contributed by atoms with Crippen LogP contribution >= 0.6 is 0 Å². The number of carbonyl (C=O) groups is 2. The summed E-state index contributed by atoms with van der Waals surface area (Å²) in [6.07, 6.45) is -0.349. The van der Waals surface area contributed by atoms with E-state index in [1.54, 1.807) is 13.0 Å². The topological polar surface area (TPSA) is 110 Å². The van der Waals surface area contributed by atoms with Gasteiger partial charge in [-0.2, -0.15) is 5.10 Å². The van der Waals surface area contributed by atoms with Gasteiger partial charge in [0.1, 0.15) is 12.1 Å². The van der Waals surface area contributed by atoms with Crippen LogP contribution in [0.25, 0.3) is 11.4 Å². The number of amides is 1. The Labute approximate surface area is 133 Å². The maximum Gasteiger partial charge on any atom is 0.315 e. The minimum atomic E-state index is -0.573. The zero-order valence-corrected chi connectivity index (χ0v) is 13.6. The highest BCUT2D eigenvalue weighted by atomic mass is 16.5. The van der Waals surface area contributed by atoms with Crippen molar-refractivity contribution in [2.24, 2.45) is 0 Å². The molecule has 2 heterocycles. The van der Waals surface area contributed by atoms with Gasteiger partial charge in [0, 0.05) is 6.07 Å². The summed E-state index contributed by atoms with van der Waals surface area (Å²) in [7, 11) is 0. The zero-order chi connectivity index (χ0) is 17.0. The van der Waals surface area contributed by atoms with Crippen molar-refractivity contribution in [1.82, 2.24) is 20.2 Å². The normalized spacial score (nSPS) is 10.4. The number of aromatic amines is 1. The predicted octanol–water partition coefficient (Wildman–Crippen LogP) is 1.68. The number of carbonyl (C=O) groups excluding carboxylic acids is 2. The molecule has 0 aliphatic rings. The van der Waals surface area contributed by atoms with Gasteiger partial charge in [0.05, 0.1) is 29.4 Å². The number of rotatable bonds is 5. The Kier molecular flexibility index (Phi) is 5.05. The molecule has 0 atom stereocenters. The van der Waals surface area contributed by atoms with E-state index in [1.165, 1.54) is 0 Å². The number of nitrogens with one attached hydrogen (secondary N) is 2. The van der Waals surface area contributed by atoms with Crippen molar-refractivity contribution in [1.29, 1.82) is 0 Å². The first-order valence-electron chi connectivity index (χ1n) is 7.23. The van der Waals surface area contributed by atoms with Gasteiger partial charge in [-0.3, -0.25) is 19.7 Å². The lowest BCUT2D eigenvalue weighted by Crippen LogP contribution is -2.18. The average molecular weight is 317 g/mol. The Morgan fingerprint density at radius 1 is 1.17 bits per heavy atom. The second kappa shape index (κ2) is 6.99. The van der Waals surface area contributed by atoms with Crippen LogP contribution in [0.2, 0.25) is 0 Å². The van der Waals surface area contributed by atoms with Gasteiger partial charge < -0.3 is 10.1 Å². The molecule has 23 heavy (non-hydrogen) atoms. The van der Waals surface area contributed by atoms with Crippen LogP contribution in [-0.2, 0) is 14.3 Å². The van der Waals surface area contributed by atoms with Crippen molar-refractivity contribution in [3.8, 4) is 11.4 Å². The monoisotopic (exact) mass is 317 g/mol. The van der Waals surface area contributed by atoms with E-state index >= 15 is 0 Å². The number of nitrogens with zero attached hydrogens (tertiary/aromatic N) is 3. The van der Waals surface area contributed by atoms with E-state index < -0.39 is 11.9 Å². The minimum Gasteiger partial charge on any atom is -0.466 e. The van der Waals surface area contributed by atoms with Crippen LogP contribution in [0.15, 0.2) is 6.07 Å². The summed E-state index contributed by atoms with van der Waals surface area (Å²) in [6.45, 7) is 7.55. The molecule has 0 fully saturated rings. The molecule has 2 rings (SSSR count). The molecule has 1 amide bonds. The predicted molar refractivity (Wildman–Crippen MR) is 83.7 cm³/mol. The molecular formula is C15H19N5O3. The Balaban J connectivity index is 2.11. The van der Waals surface area contributed by atoms with Gasteiger partial charge >= 0.3 is 5.97 Å². The fourth-order valence-corrected chi connectivity index (χ4v) is 2.01. The van der Waals surface area contributed by atoms with Gasteiger partial charge in [-0.25, -0.2) is 4.98 Å². The van der Waals surface area contributed by atoms with E-state index in [1.807, 2.05) is 20.8 Å². The van der Waals surface area contributed by atoms with Crippen molar-refractivity contribution in [3.05, 3.63) is 23.1 Å². The van der Waals surface area contributed by atoms with Crippen LogP contribution in [0.1, 0.15) is 30.4 Å². The molecule has 0 unspecified atom stereocenters. The lowest BCUT2D eigenvalue weighted by Gasteiger charge is -2.05. The quantitative estimate of drug-likeness (QED) is 0.641. The van der Waals surface area contributed by atoms with Gasteiger partial charge in [-0.05, 0) is 27.7 Å². The molecule has 8 heteroatoms. The highest BCUT2D eigenvalue weighted by molar-refractivity contribution is 6.01. The first kappa shape index (κ1) is 16.6. The molecule has 0 radical (unpaired) electrons. The van der Waals surface area contributed by atoms with Crippen LogP contribution in [-0.4, -0.2) is 38.6 Å². The van der Waals surface area contributed by atoms with Crippen molar-refractivity contribution >= 4 is 17.7 Å². The number of esters is 1. The van der Waals surface area contributed by atoms with E-state index in [0.29, 0.717) is 17.2 Å². The lowest BCUT2D eigenvalue weighted by atomic mass is 10.2. The summed E-state index contributed by atoms with van der Waals surface area (Å²) in [5.41, 5.74) is 3.78. The number of hydrogen-bond acceptors (Lipinski definition) is 6. The van der Waals surface area contributed by atoms with Crippen molar-refractivity contribution in [2.75, 3.05) is 11.9 Å². The summed E-state index contributed by atoms with van der Waals surface area (Å²) >= 11 is 0. The van der Waals surface area contributed by atoms with Crippen molar-refractivity contribution in [2.45, 2.75) is 34.1 Å². The Hall–Kier alpha value is -2.77. The summed E-state index contributed by atoms with van der Waals surface area (Å²) in [4.78, 5) is 31.9. The Morgan fingerprint density at radius 3 is 2.57 bits per heavy atom. The Morgan fingerprint density at radius 2 is 1.87 bits per heavy atom. The minimum absolute atomic E-state index is 0.239. The van der Waals surface area contributed by atoms with E-state index in [9.17, 15) is 9.59 Å². The fourth-order valence-electron chi connectivity index (χ4n) is 2.01. The summed E-state index contributed by atoms with van der Waals surface area (Å²) < 4.78 is 4.72. The van der Waals surface area contributed by atoms with Gasteiger partial charge in [0.25, 0.3) is 0 Å². The number of H-pyrrole nitrogens is 1. The van der Waals surface area contributed by atoms with E-state index in [4.69, 9.17) is 4.74 Å². The average Bonchev–Trinajstić information content (AvgIpc) is 2.91. The van der Waals surface area contributed by atoms with Crippen LogP contribution in [0.3, 0.4) is 0 Å². The highest BCUT2D eigenvalue weighted by Crippen LogP contribution is 2.21. The molecule has 0 saturated carbocycles. The second-order valence-corrected chi connectivity index (χ2v) is 5.03. The molecule has 122 valence electrons. The number of aryl methyl sites for hydroxylation is 3. The standard InChI is InChI=1S/C15H19N5O3/c1-5-23-14(22)7-13(21)18-12-6-11(19-20-12)15-10(4)16-8(2)9(3)17-15/h6H,5,7H2,1-4H3,(H2,18,19,20,21). The van der Waals surface area contributed by atoms with Crippen LogP contribution in [0.5, 0.6) is 0 Å². The fraction of sp³-hybridized carbons (Fsp3) is 0.400. The number of anilines is 1. The summed E-state index contributed by atoms with van der Waals surface area (Å²) in [5, 5.41) is 9.35. The molecule has 0 aromatic carbocycles. The summed E-state index contributed by atoms with van der Waals surface area (Å²) in [6, 6.07) is 1.65. The molecule has 2 aromatic rings. The molecule has 0 aliphatic heterocycles. The van der Waals surface area contributed by atoms with Gasteiger partial charge in [0.2, 0.25) is 5.91 Å². The van der Waals surface area contributed by atoms with Crippen LogP contribution in [0, 0.1) is 20.8 Å². The first-order valence-corrected chi connectivity index (χ1v) is 7.23. The molecule has 2 N–H and O–H groups in total. The third-order valence-electron chi connectivity index (χ3n) is 3.19. The zero-order valence-electron chi connectivity index (χ0n) is 13.6. The van der Waals surface area contributed by atoms with E-state index in [2.05, 4.69) is 25.5 Å². The maximum absolute atomic E-state index is 11.7. The first-order chi connectivity index (χ1) is 10.9. The lowest BCUT2D eigenvalue weighted by molar-refractivity contribution is -0.145.